The summed E-state index contributed by atoms with van der Waals surface area (Å²) in [4.78, 5) is 0. The fourth-order valence-electron chi connectivity index (χ4n) is 2.45. The van der Waals surface area contributed by atoms with Gasteiger partial charge in [0, 0.05) is 6.54 Å². The van der Waals surface area contributed by atoms with E-state index in [1.54, 1.807) is 6.07 Å². The van der Waals surface area contributed by atoms with Gasteiger partial charge in [-0.25, -0.2) is 12.8 Å². The molecule has 3 N–H and O–H groups in total. The Balaban J connectivity index is 2.01. The number of rotatable bonds is 6. The summed E-state index contributed by atoms with van der Waals surface area (Å²) >= 11 is 0. The van der Waals surface area contributed by atoms with Gasteiger partial charge in [0.15, 0.2) is 0 Å². The van der Waals surface area contributed by atoms with E-state index in [0.29, 0.717) is 11.1 Å². The van der Waals surface area contributed by atoms with Crippen molar-refractivity contribution in [2.24, 2.45) is 0 Å². The highest BCUT2D eigenvalue weighted by atomic mass is 32.2. The second kappa shape index (κ2) is 7.73. The second-order valence-electron chi connectivity index (χ2n) is 7.34. The number of aliphatic hydroxyl groups is 1. The van der Waals surface area contributed by atoms with Gasteiger partial charge in [0.1, 0.15) is 12.0 Å². The van der Waals surface area contributed by atoms with Crippen LogP contribution in [-0.4, -0.2) is 19.8 Å². The average molecular weight is 380 g/mol. The molecule has 2 aromatic carbocycles. The Morgan fingerprint density at radius 3 is 2.23 bits per heavy atom. The Morgan fingerprint density at radius 2 is 1.73 bits per heavy atom. The van der Waals surface area contributed by atoms with E-state index in [2.05, 4.69) is 30.8 Å². The van der Waals surface area contributed by atoms with Crippen LogP contribution < -0.4 is 10.0 Å². The summed E-state index contributed by atoms with van der Waals surface area (Å²) in [5.74, 6) is -0.668. The summed E-state index contributed by atoms with van der Waals surface area (Å²) in [6.45, 7) is 6.59. The fourth-order valence-corrected chi connectivity index (χ4v) is 3.01. The van der Waals surface area contributed by atoms with Crippen LogP contribution in [0.15, 0.2) is 42.5 Å². The summed E-state index contributed by atoms with van der Waals surface area (Å²) in [5.41, 5.74) is 2.41. The summed E-state index contributed by atoms with van der Waals surface area (Å²) in [6, 6.07) is 11.9. The maximum absolute atomic E-state index is 14.0. The molecule has 0 aliphatic rings. The number of sulfonamides is 1. The Labute approximate surface area is 154 Å². The first kappa shape index (κ1) is 20.4. The quantitative estimate of drug-likeness (QED) is 0.672. The van der Waals surface area contributed by atoms with Crippen LogP contribution in [-0.2, 0) is 22.0 Å². The third-order valence-corrected chi connectivity index (χ3v) is 4.51. The Hall–Kier alpha value is -1.96. The van der Waals surface area contributed by atoms with Crippen LogP contribution >= 0.6 is 0 Å². The molecule has 142 valence electrons. The van der Waals surface area contributed by atoms with Crippen molar-refractivity contribution in [2.45, 2.75) is 39.0 Å². The number of nitrogens with one attached hydrogen (secondary N) is 2. The Bertz CT molecular complexity index is 859. The number of halogens is 1. The highest BCUT2D eigenvalue weighted by Gasteiger charge is 2.15. The Morgan fingerprint density at radius 1 is 1.12 bits per heavy atom. The minimum Gasteiger partial charge on any atom is -0.374 e. The molecule has 7 heteroatoms. The zero-order chi connectivity index (χ0) is 19.5. The third kappa shape index (κ3) is 5.79. The van der Waals surface area contributed by atoms with Crippen molar-refractivity contribution in [3.05, 3.63) is 65.0 Å². The second-order valence-corrected chi connectivity index (χ2v) is 9.09. The van der Waals surface area contributed by atoms with Crippen LogP contribution in [0.1, 0.15) is 43.7 Å². The first-order chi connectivity index (χ1) is 12.0. The minimum absolute atomic E-state index is 0.0379. The summed E-state index contributed by atoms with van der Waals surface area (Å²) in [6.07, 6.45) is 0.0735. The van der Waals surface area contributed by atoms with Crippen LogP contribution in [0, 0.1) is 5.82 Å². The van der Waals surface area contributed by atoms with E-state index < -0.39 is 22.1 Å². The third-order valence-electron chi connectivity index (χ3n) is 3.92. The van der Waals surface area contributed by atoms with E-state index in [1.165, 1.54) is 17.7 Å². The molecular formula is C19H25FN2O3S. The molecule has 0 spiro atoms. The van der Waals surface area contributed by atoms with Crippen molar-refractivity contribution >= 4 is 15.7 Å². The molecule has 0 heterocycles. The van der Waals surface area contributed by atoms with Crippen molar-refractivity contribution < 1.29 is 17.9 Å². The summed E-state index contributed by atoms with van der Waals surface area (Å²) < 4.78 is 38.4. The van der Waals surface area contributed by atoms with E-state index in [1.807, 2.05) is 24.3 Å². The predicted molar refractivity (Wildman–Crippen MR) is 102 cm³/mol. The molecule has 0 aliphatic heterocycles. The lowest BCUT2D eigenvalue weighted by molar-refractivity contribution is 0.137. The molecule has 1 atom stereocenters. The van der Waals surface area contributed by atoms with Crippen LogP contribution in [0.25, 0.3) is 0 Å². The lowest BCUT2D eigenvalue weighted by Gasteiger charge is -2.20. The van der Waals surface area contributed by atoms with Gasteiger partial charge in [-0.15, -0.1) is 0 Å². The predicted octanol–water partition coefficient (Wildman–Crippen LogP) is 3.28. The molecule has 1 unspecified atom stereocenters. The van der Waals surface area contributed by atoms with Crippen molar-refractivity contribution in [3.8, 4) is 0 Å². The number of benzene rings is 2. The van der Waals surface area contributed by atoms with Gasteiger partial charge in [-0.05, 0) is 34.2 Å². The van der Waals surface area contributed by atoms with Gasteiger partial charge < -0.3 is 5.11 Å². The van der Waals surface area contributed by atoms with Crippen LogP contribution in [0.2, 0.25) is 0 Å². The van der Waals surface area contributed by atoms with Gasteiger partial charge in [-0.2, -0.15) is 0 Å². The molecule has 0 amide bonds. The Kier molecular flexibility index (Phi) is 6.05. The lowest BCUT2D eigenvalue weighted by Crippen LogP contribution is -2.21. The van der Waals surface area contributed by atoms with E-state index in [0.717, 1.165) is 6.26 Å². The zero-order valence-corrected chi connectivity index (χ0v) is 16.2. The molecule has 0 aliphatic carbocycles. The van der Waals surface area contributed by atoms with E-state index in [9.17, 15) is 17.9 Å². The average Bonchev–Trinajstić information content (AvgIpc) is 2.53. The number of anilines is 1. The molecule has 2 rings (SSSR count). The number of aliphatic hydroxyl groups excluding tert-OH is 1. The molecule has 26 heavy (non-hydrogen) atoms. The maximum Gasteiger partial charge on any atom is 0.229 e. The smallest absolute Gasteiger partial charge is 0.229 e. The van der Waals surface area contributed by atoms with E-state index in [4.69, 9.17) is 0 Å². The van der Waals surface area contributed by atoms with Crippen LogP contribution in [0.5, 0.6) is 0 Å². The van der Waals surface area contributed by atoms with Crippen molar-refractivity contribution in [1.29, 1.82) is 0 Å². The molecule has 0 aromatic heterocycles. The monoisotopic (exact) mass is 380 g/mol. The van der Waals surface area contributed by atoms with Gasteiger partial charge in [0.25, 0.3) is 0 Å². The molecule has 2 aromatic rings. The first-order valence-electron chi connectivity index (χ1n) is 8.24. The standard InChI is InChI=1S/C19H25FN2O3S/c1-19(2,3)15-8-6-14(7-9-15)18(23)21-12-13-5-10-17(16(20)11-13)22-26(4,24)25/h5-11,18,21-23H,12H2,1-4H3. The largest absolute Gasteiger partial charge is 0.374 e. The summed E-state index contributed by atoms with van der Waals surface area (Å²) in [7, 11) is -3.53. The van der Waals surface area contributed by atoms with Gasteiger partial charge >= 0.3 is 0 Å². The van der Waals surface area contributed by atoms with Crippen LogP contribution in [0.4, 0.5) is 10.1 Å². The molecule has 0 saturated carbocycles. The van der Waals surface area contributed by atoms with Crippen molar-refractivity contribution in [2.75, 3.05) is 11.0 Å². The van der Waals surface area contributed by atoms with E-state index >= 15 is 0 Å². The molecule has 0 radical (unpaired) electrons. The lowest BCUT2D eigenvalue weighted by atomic mass is 9.86. The zero-order valence-electron chi connectivity index (χ0n) is 15.4. The molecule has 0 fully saturated rings. The summed E-state index contributed by atoms with van der Waals surface area (Å²) in [5, 5.41) is 13.2. The van der Waals surface area contributed by atoms with Crippen molar-refractivity contribution in [1.82, 2.24) is 5.32 Å². The SMILES string of the molecule is CC(C)(C)c1ccc(C(O)NCc2ccc(NS(C)(=O)=O)c(F)c2)cc1. The van der Waals surface area contributed by atoms with Crippen molar-refractivity contribution in [3.63, 3.8) is 0 Å². The van der Waals surface area contributed by atoms with Gasteiger partial charge in [0.2, 0.25) is 10.0 Å². The molecule has 0 saturated heterocycles. The number of hydrogen-bond donors (Lipinski definition) is 3. The van der Waals surface area contributed by atoms with Gasteiger partial charge in [0.05, 0.1) is 11.9 Å². The first-order valence-corrected chi connectivity index (χ1v) is 10.1. The number of hydrogen-bond acceptors (Lipinski definition) is 4. The van der Waals surface area contributed by atoms with Gasteiger partial charge in [-0.3, -0.25) is 10.0 Å². The van der Waals surface area contributed by atoms with Gasteiger partial charge in [-0.1, -0.05) is 51.1 Å². The van der Waals surface area contributed by atoms with Crippen LogP contribution in [0.3, 0.4) is 0 Å². The topological polar surface area (TPSA) is 78.4 Å². The molecule has 5 nitrogen and oxygen atoms in total. The minimum atomic E-state index is -3.53. The highest BCUT2D eigenvalue weighted by Crippen LogP contribution is 2.24. The van der Waals surface area contributed by atoms with E-state index in [-0.39, 0.29) is 17.6 Å². The maximum atomic E-state index is 14.0. The highest BCUT2D eigenvalue weighted by molar-refractivity contribution is 7.92. The molecular weight excluding hydrogens is 355 g/mol. The molecule has 0 bridgehead atoms. The normalized spacial score (nSPS) is 13.5. The fraction of sp³-hybridized carbons (Fsp3) is 0.368.